The quantitative estimate of drug-likeness (QED) is 0.451. The lowest BCUT2D eigenvalue weighted by atomic mass is 10.3. The number of rotatable bonds is 10. The predicted molar refractivity (Wildman–Crippen MR) is 66.5 cm³/mol. The van der Waals surface area contributed by atoms with E-state index in [1.54, 1.807) is 0 Å². The van der Waals surface area contributed by atoms with Crippen molar-refractivity contribution in [3.63, 3.8) is 0 Å². The molecule has 0 rings (SSSR count). The van der Waals surface area contributed by atoms with Crippen molar-refractivity contribution in [2.24, 2.45) is 0 Å². The number of nitrogens with zero attached hydrogens (tertiary/aromatic N) is 1. The molecule has 0 spiro atoms. The Morgan fingerprint density at radius 2 is 2.07 bits per heavy atom. The molecule has 0 aromatic heterocycles. The van der Waals surface area contributed by atoms with E-state index in [2.05, 4.69) is 5.32 Å². The van der Waals surface area contributed by atoms with E-state index in [1.165, 1.54) is 0 Å². The first-order valence-corrected chi connectivity index (χ1v) is 6.54. The topological polar surface area (TPSA) is 55.7 Å². The molecular formula is C10H24N2O2S. The molecule has 5 heteroatoms. The van der Waals surface area contributed by atoms with E-state index in [0.29, 0.717) is 13.1 Å². The molecule has 0 bridgehead atoms. The molecule has 1 atom stereocenters. The lowest BCUT2D eigenvalue weighted by molar-refractivity contribution is 0.135. The third-order valence-electron chi connectivity index (χ3n) is 1.83. The van der Waals surface area contributed by atoms with Crippen LogP contribution in [-0.4, -0.2) is 73.1 Å². The number of nitrogens with one attached hydrogen (secondary N) is 1. The van der Waals surface area contributed by atoms with Crippen LogP contribution < -0.4 is 5.32 Å². The fourth-order valence-corrected chi connectivity index (χ4v) is 1.99. The average molecular weight is 236 g/mol. The summed E-state index contributed by atoms with van der Waals surface area (Å²) in [6.07, 6.45) is 0.580. The van der Waals surface area contributed by atoms with Crippen molar-refractivity contribution >= 4 is 11.8 Å². The molecule has 0 amide bonds. The minimum atomic E-state index is -0.289. The fourth-order valence-electron chi connectivity index (χ4n) is 1.17. The minimum absolute atomic E-state index is 0.280. The SMILES string of the molecule is CN(C)CC(O)CNCCSCCCO. The molecule has 0 aliphatic rings. The van der Waals surface area contributed by atoms with Gasteiger partial charge in [-0.05, 0) is 26.3 Å². The van der Waals surface area contributed by atoms with Crippen LogP contribution in [0, 0.1) is 0 Å². The van der Waals surface area contributed by atoms with E-state index in [4.69, 9.17) is 5.11 Å². The lowest BCUT2D eigenvalue weighted by Crippen LogP contribution is -2.35. The van der Waals surface area contributed by atoms with Crippen LogP contribution >= 0.6 is 11.8 Å². The number of hydrogen-bond donors (Lipinski definition) is 3. The van der Waals surface area contributed by atoms with Crippen LogP contribution in [0.3, 0.4) is 0 Å². The molecule has 0 saturated heterocycles. The van der Waals surface area contributed by atoms with Gasteiger partial charge in [0.2, 0.25) is 0 Å². The van der Waals surface area contributed by atoms with Crippen LogP contribution in [0.25, 0.3) is 0 Å². The number of aliphatic hydroxyl groups excluding tert-OH is 2. The molecule has 3 N–H and O–H groups in total. The second-order valence-electron chi connectivity index (χ2n) is 3.81. The average Bonchev–Trinajstić information content (AvgIpc) is 2.15. The Bertz CT molecular complexity index is 137. The van der Waals surface area contributed by atoms with Crippen LogP contribution in [-0.2, 0) is 0 Å². The van der Waals surface area contributed by atoms with Crippen molar-refractivity contribution < 1.29 is 10.2 Å². The van der Waals surface area contributed by atoms with Crippen molar-refractivity contribution in [1.29, 1.82) is 0 Å². The van der Waals surface area contributed by atoms with Gasteiger partial charge in [0, 0.05) is 32.0 Å². The Balaban J connectivity index is 3.09. The molecule has 0 aliphatic heterocycles. The number of aliphatic hydroxyl groups is 2. The number of likely N-dealkylation sites (N-methyl/N-ethyl adjacent to an activating group) is 1. The summed E-state index contributed by atoms with van der Waals surface area (Å²) in [5.41, 5.74) is 0. The molecule has 0 aromatic rings. The Morgan fingerprint density at radius 1 is 1.33 bits per heavy atom. The zero-order valence-corrected chi connectivity index (χ0v) is 10.6. The van der Waals surface area contributed by atoms with Gasteiger partial charge in [-0.3, -0.25) is 0 Å². The van der Waals surface area contributed by atoms with Crippen molar-refractivity contribution in [3.05, 3.63) is 0 Å². The maximum absolute atomic E-state index is 9.52. The van der Waals surface area contributed by atoms with Gasteiger partial charge in [-0.25, -0.2) is 0 Å². The van der Waals surface area contributed by atoms with Gasteiger partial charge in [0.15, 0.2) is 0 Å². The predicted octanol–water partition coefficient (Wildman–Crippen LogP) is -0.386. The largest absolute Gasteiger partial charge is 0.396 e. The summed E-state index contributed by atoms with van der Waals surface area (Å²) < 4.78 is 0. The molecule has 0 heterocycles. The smallest absolute Gasteiger partial charge is 0.0791 e. The number of hydrogen-bond acceptors (Lipinski definition) is 5. The highest BCUT2D eigenvalue weighted by Crippen LogP contribution is 1.99. The van der Waals surface area contributed by atoms with E-state index in [-0.39, 0.29) is 12.7 Å². The normalized spacial score (nSPS) is 13.4. The van der Waals surface area contributed by atoms with Crippen LogP contribution in [0.5, 0.6) is 0 Å². The first kappa shape index (κ1) is 15.2. The Kier molecular flexibility index (Phi) is 10.8. The van der Waals surface area contributed by atoms with E-state index in [1.807, 2.05) is 30.8 Å². The lowest BCUT2D eigenvalue weighted by Gasteiger charge is -2.16. The molecule has 15 heavy (non-hydrogen) atoms. The summed E-state index contributed by atoms with van der Waals surface area (Å²) in [6, 6.07) is 0. The Morgan fingerprint density at radius 3 is 2.67 bits per heavy atom. The van der Waals surface area contributed by atoms with Crippen LogP contribution in [0.1, 0.15) is 6.42 Å². The van der Waals surface area contributed by atoms with Crippen molar-refractivity contribution in [3.8, 4) is 0 Å². The van der Waals surface area contributed by atoms with E-state index in [0.717, 1.165) is 24.5 Å². The van der Waals surface area contributed by atoms with Crippen molar-refractivity contribution in [1.82, 2.24) is 10.2 Å². The van der Waals surface area contributed by atoms with Gasteiger partial charge < -0.3 is 20.4 Å². The summed E-state index contributed by atoms with van der Waals surface area (Å²) in [6.45, 7) is 2.55. The van der Waals surface area contributed by atoms with E-state index in [9.17, 15) is 5.11 Å². The highest BCUT2D eigenvalue weighted by atomic mass is 32.2. The summed E-state index contributed by atoms with van der Waals surface area (Å²) in [5.74, 6) is 2.05. The highest BCUT2D eigenvalue weighted by molar-refractivity contribution is 7.99. The van der Waals surface area contributed by atoms with Gasteiger partial charge in [0.05, 0.1) is 6.10 Å². The van der Waals surface area contributed by atoms with Crippen molar-refractivity contribution in [2.45, 2.75) is 12.5 Å². The highest BCUT2D eigenvalue weighted by Gasteiger charge is 2.03. The molecule has 92 valence electrons. The molecule has 0 saturated carbocycles. The first-order chi connectivity index (χ1) is 7.16. The van der Waals surface area contributed by atoms with Crippen LogP contribution in [0.15, 0.2) is 0 Å². The van der Waals surface area contributed by atoms with Gasteiger partial charge in [-0.2, -0.15) is 11.8 Å². The summed E-state index contributed by atoms with van der Waals surface area (Å²) in [7, 11) is 3.90. The second-order valence-corrected chi connectivity index (χ2v) is 5.03. The fraction of sp³-hybridized carbons (Fsp3) is 1.00. The molecule has 0 aromatic carbocycles. The minimum Gasteiger partial charge on any atom is -0.396 e. The molecule has 1 unspecified atom stereocenters. The first-order valence-electron chi connectivity index (χ1n) is 5.39. The molecule has 0 radical (unpaired) electrons. The molecular weight excluding hydrogens is 212 g/mol. The molecule has 0 fully saturated rings. The van der Waals surface area contributed by atoms with Gasteiger partial charge in [0.25, 0.3) is 0 Å². The summed E-state index contributed by atoms with van der Waals surface area (Å²) in [5, 5.41) is 21.3. The second kappa shape index (κ2) is 10.7. The maximum Gasteiger partial charge on any atom is 0.0791 e. The zero-order chi connectivity index (χ0) is 11.5. The molecule has 4 nitrogen and oxygen atoms in total. The van der Waals surface area contributed by atoms with E-state index < -0.39 is 0 Å². The summed E-state index contributed by atoms with van der Waals surface area (Å²) >= 11 is 1.83. The summed E-state index contributed by atoms with van der Waals surface area (Å²) in [4.78, 5) is 1.97. The zero-order valence-electron chi connectivity index (χ0n) is 9.78. The molecule has 0 aliphatic carbocycles. The van der Waals surface area contributed by atoms with Crippen molar-refractivity contribution in [2.75, 3.05) is 51.8 Å². The third kappa shape index (κ3) is 12.1. The van der Waals surface area contributed by atoms with Crippen LogP contribution in [0.4, 0.5) is 0 Å². The van der Waals surface area contributed by atoms with Gasteiger partial charge in [-0.15, -0.1) is 0 Å². The third-order valence-corrected chi connectivity index (χ3v) is 2.90. The van der Waals surface area contributed by atoms with Gasteiger partial charge in [0.1, 0.15) is 0 Å². The number of thioether (sulfide) groups is 1. The van der Waals surface area contributed by atoms with Crippen LogP contribution in [0.2, 0.25) is 0 Å². The Hall–Kier alpha value is 0.190. The Labute approximate surface area is 97.0 Å². The maximum atomic E-state index is 9.52. The van der Waals surface area contributed by atoms with Gasteiger partial charge >= 0.3 is 0 Å². The monoisotopic (exact) mass is 236 g/mol. The van der Waals surface area contributed by atoms with Gasteiger partial charge in [-0.1, -0.05) is 0 Å². The van der Waals surface area contributed by atoms with E-state index >= 15 is 0 Å². The standard InChI is InChI=1S/C10H24N2O2S/c1-12(2)9-10(14)8-11-4-7-15-6-3-5-13/h10-11,13-14H,3-9H2,1-2H3.